The fraction of sp³-hybridized carbons (Fsp3) is 0.333. The average Bonchev–Trinajstić information content (AvgIpc) is 3.02. The van der Waals surface area contributed by atoms with Crippen molar-refractivity contribution in [1.82, 2.24) is 0 Å². The zero-order valence-corrected chi connectivity index (χ0v) is 24.4. The molecule has 0 fully saturated rings. The van der Waals surface area contributed by atoms with E-state index >= 15 is 0 Å². The molecule has 0 saturated heterocycles. The van der Waals surface area contributed by atoms with E-state index < -0.39 is 15.7 Å². The first-order chi connectivity index (χ1) is 16.3. The van der Waals surface area contributed by atoms with Gasteiger partial charge in [-0.3, -0.25) is 0 Å². The van der Waals surface area contributed by atoms with Gasteiger partial charge in [-0.25, -0.2) is 4.18 Å². The minimum Gasteiger partial charge on any atom is -0.506 e. The second-order valence-electron chi connectivity index (χ2n) is 9.62. The molecule has 0 spiro atoms. The molecular weight excluding hydrogens is 596 g/mol. The highest BCUT2D eigenvalue weighted by Gasteiger charge is 2.53. The quantitative estimate of drug-likeness (QED) is 0.294. The molecule has 186 valence electrons. The molecule has 1 heterocycles. The Hall–Kier alpha value is -1.87. The van der Waals surface area contributed by atoms with Gasteiger partial charge in [-0.2, -0.15) is 8.42 Å². The molecule has 4 rings (SSSR count). The van der Waals surface area contributed by atoms with Crippen molar-refractivity contribution >= 4 is 42.0 Å². The van der Waals surface area contributed by atoms with Crippen LogP contribution in [-0.2, 0) is 19.9 Å². The van der Waals surface area contributed by atoms with Crippen LogP contribution in [0.5, 0.6) is 11.5 Å². The van der Waals surface area contributed by atoms with Gasteiger partial charge < -0.3 is 10.2 Å². The van der Waals surface area contributed by atoms with Crippen molar-refractivity contribution < 1.29 is 22.8 Å². The molecule has 8 heteroatoms. The number of rotatable bonds is 4. The third-order valence-corrected chi connectivity index (χ3v) is 9.74. The SMILES string of the molecule is Cc1c(C2(c3cc(Br)c(O)c(C(C)C)c3C)OS(=O)(=O)c3ccccc32)cc(C(C)C)c(O)c1Br. The van der Waals surface area contributed by atoms with Gasteiger partial charge >= 0.3 is 0 Å². The van der Waals surface area contributed by atoms with Crippen molar-refractivity contribution in [2.45, 2.75) is 63.9 Å². The van der Waals surface area contributed by atoms with Crippen LogP contribution in [0.2, 0.25) is 0 Å². The fourth-order valence-corrected chi connectivity index (χ4v) is 7.44. The van der Waals surface area contributed by atoms with Gasteiger partial charge in [0.05, 0.1) is 8.95 Å². The van der Waals surface area contributed by atoms with Gasteiger partial charge in [0.15, 0.2) is 5.60 Å². The number of fused-ring (bicyclic) bond motifs is 1. The first-order valence-corrected chi connectivity index (χ1v) is 14.3. The molecule has 1 unspecified atom stereocenters. The molecule has 0 aliphatic carbocycles. The van der Waals surface area contributed by atoms with E-state index in [4.69, 9.17) is 4.18 Å². The van der Waals surface area contributed by atoms with Gasteiger partial charge in [-0.05, 0) is 104 Å². The lowest BCUT2D eigenvalue weighted by molar-refractivity contribution is 0.178. The minimum atomic E-state index is -4.11. The van der Waals surface area contributed by atoms with Gasteiger partial charge in [0.25, 0.3) is 10.1 Å². The highest BCUT2D eigenvalue weighted by atomic mass is 79.9. The summed E-state index contributed by atoms with van der Waals surface area (Å²) in [5, 5.41) is 21.7. The van der Waals surface area contributed by atoms with Crippen molar-refractivity contribution in [3.63, 3.8) is 0 Å². The van der Waals surface area contributed by atoms with E-state index in [1.165, 1.54) is 0 Å². The van der Waals surface area contributed by atoms with E-state index in [9.17, 15) is 18.6 Å². The number of halogens is 2. The van der Waals surface area contributed by atoms with Crippen LogP contribution in [0.15, 0.2) is 50.2 Å². The van der Waals surface area contributed by atoms with Gasteiger partial charge in [-0.15, -0.1) is 0 Å². The molecule has 1 atom stereocenters. The topological polar surface area (TPSA) is 83.8 Å². The summed E-state index contributed by atoms with van der Waals surface area (Å²) >= 11 is 7.03. The summed E-state index contributed by atoms with van der Waals surface area (Å²) in [7, 11) is -4.11. The highest BCUT2D eigenvalue weighted by Crippen LogP contribution is 2.56. The summed E-state index contributed by atoms with van der Waals surface area (Å²) in [5.41, 5.74) is 2.95. The Morgan fingerprint density at radius 2 is 1.46 bits per heavy atom. The Balaban J connectivity index is 2.27. The predicted molar refractivity (Wildman–Crippen MR) is 144 cm³/mol. The number of benzene rings is 3. The first-order valence-electron chi connectivity index (χ1n) is 11.4. The highest BCUT2D eigenvalue weighted by molar-refractivity contribution is 9.11. The van der Waals surface area contributed by atoms with E-state index in [1.807, 2.05) is 47.6 Å². The second kappa shape index (κ2) is 8.91. The normalized spacial score (nSPS) is 18.9. The first kappa shape index (κ1) is 26.2. The van der Waals surface area contributed by atoms with Crippen LogP contribution in [0, 0.1) is 13.8 Å². The monoisotopic (exact) mass is 622 g/mol. The molecule has 3 aromatic rings. The van der Waals surface area contributed by atoms with E-state index in [2.05, 4.69) is 31.9 Å². The molecule has 1 aliphatic rings. The molecule has 0 saturated carbocycles. The molecule has 1 aliphatic heterocycles. The number of phenolic OH excluding ortho intramolecular Hbond substituents is 2. The van der Waals surface area contributed by atoms with Gasteiger partial charge in [0.2, 0.25) is 0 Å². The number of phenols is 2. The summed E-state index contributed by atoms with van der Waals surface area (Å²) in [4.78, 5) is 0.101. The molecule has 5 nitrogen and oxygen atoms in total. The molecule has 0 radical (unpaired) electrons. The van der Waals surface area contributed by atoms with Crippen LogP contribution in [0.4, 0.5) is 0 Å². The predicted octanol–water partition coefficient (Wildman–Crippen LogP) is 7.50. The standard InChI is InChI=1S/C27H28Br2O5S/c1-13(2)17-11-19(16(6)24(29)25(17)30)27(18-9-7-8-10-22(18)35(32,33)34-27)20-12-21(28)26(31)23(14(3)4)15(20)5/h7-14,30-31H,1-6H3. The van der Waals surface area contributed by atoms with Crippen LogP contribution >= 0.6 is 31.9 Å². The summed E-state index contributed by atoms with van der Waals surface area (Å²) in [6, 6.07) is 10.4. The van der Waals surface area contributed by atoms with E-state index in [1.54, 1.807) is 30.3 Å². The fourth-order valence-electron chi connectivity index (χ4n) is 5.14. The van der Waals surface area contributed by atoms with Crippen LogP contribution in [-0.4, -0.2) is 18.6 Å². The largest absolute Gasteiger partial charge is 0.506 e. The smallest absolute Gasteiger partial charge is 0.298 e. The zero-order chi connectivity index (χ0) is 26.0. The summed E-state index contributed by atoms with van der Waals surface area (Å²) in [5.74, 6) is 0.180. The Morgan fingerprint density at radius 1 is 0.857 bits per heavy atom. The van der Waals surface area contributed by atoms with E-state index in [0.29, 0.717) is 42.3 Å². The average molecular weight is 624 g/mol. The van der Waals surface area contributed by atoms with Gasteiger partial charge in [0.1, 0.15) is 16.4 Å². The lowest BCUT2D eigenvalue weighted by atomic mass is 9.74. The van der Waals surface area contributed by atoms with Gasteiger partial charge in [-0.1, -0.05) is 45.9 Å². The summed E-state index contributed by atoms with van der Waals surface area (Å²) in [6.07, 6.45) is 0. The summed E-state index contributed by atoms with van der Waals surface area (Å²) < 4.78 is 34.0. The lowest BCUT2D eigenvalue weighted by Crippen LogP contribution is -2.32. The maximum atomic E-state index is 13.4. The van der Waals surface area contributed by atoms with Crippen molar-refractivity contribution in [2.75, 3.05) is 0 Å². The van der Waals surface area contributed by atoms with Crippen LogP contribution in [0.1, 0.15) is 78.5 Å². The number of hydrogen-bond acceptors (Lipinski definition) is 5. The Kier molecular flexibility index (Phi) is 6.67. The van der Waals surface area contributed by atoms with Crippen molar-refractivity contribution in [2.24, 2.45) is 0 Å². The van der Waals surface area contributed by atoms with Crippen molar-refractivity contribution in [1.29, 1.82) is 0 Å². The zero-order valence-electron chi connectivity index (χ0n) is 20.4. The van der Waals surface area contributed by atoms with E-state index in [-0.39, 0.29) is 28.2 Å². The minimum absolute atomic E-state index is 0.0320. The van der Waals surface area contributed by atoms with Crippen LogP contribution in [0.3, 0.4) is 0 Å². The molecule has 2 N–H and O–H groups in total. The molecule has 0 bridgehead atoms. The molecule has 0 amide bonds. The Morgan fingerprint density at radius 3 is 2.06 bits per heavy atom. The van der Waals surface area contributed by atoms with Gasteiger partial charge in [0, 0.05) is 11.1 Å². The number of hydrogen-bond donors (Lipinski definition) is 2. The molecule has 3 aromatic carbocycles. The molecule has 0 aromatic heterocycles. The molecular formula is C27H28Br2O5S. The summed E-state index contributed by atoms with van der Waals surface area (Å²) in [6.45, 7) is 11.6. The van der Waals surface area contributed by atoms with Crippen molar-refractivity contribution in [3.8, 4) is 11.5 Å². The maximum Gasteiger partial charge on any atom is 0.298 e. The van der Waals surface area contributed by atoms with E-state index in [0.717, 1.165) is 5.56 Å². The van der Waals surface area contributed by atoms with Crippen LogP contribution < -0.4 is 0 Å². The van der Waals surface area contributed by atoms with Crippen LogP contribution in [0.25, 0.3) is 0 Å². The third-order valence-electron chi connectivity index (χ3n) is 6.80. The number of aromatic hydroxyl groups is 2. The van der Waals surface area contributed by atoms with Crippen molar-refractivity contribution in [3.05, 3.63) is 84.3 Å². The third kappa shape index (κ3) is 3.84. The lowest BCUT2D eigenvalue weighted by Gasteiger charge is -2.34. The molecule has 35 heavy (non-hydrogen) atoms. The Labute approximate surface area is 223 Å². The Bertz CT molecular complexity index is 1460. The second-order valence-corrected chi connectivity index (χ2v) is 12.8. The maximum absolute atomic E-state index is 13.4.